The summed E-state index contributed by atoms with van der Waals surface area (Å²) in [7, 11) is 10.0. The van der Waals surface area contributed by atoms with E-state index in [0.717, 1.165) is 66.8 Å². The first kappa shape index (κ1) is 42.8. The molecule has 342 valence electrons. The number of hydrogen-bond donors (Lipinski definition) is 0. The summed E-state index contributed by atoms with van der Waals surface area (Å²) in [5, 5.41) is 0. The summed E-state index contributed by atoms with van der Waals surface area (Å²) >= 11 is 0. The van der Waals surface area contributed by atoms with Crippen molar-refractivity contribution in [3.63, 3.8) is 0 Å². The van der Waals surface area contributed by atoms with Crippen LogP contribution in [0, 0.1) is 0 Å². The van der Waals surface area contributed by atoms with Crippen molar-refractivity contribution in [1.82, 2.24) is 0 Å². The molecule has 0 atom stereocenters. The Bertz CT molecular complexity index is 2320. The van der Waals surface area contributed by atoms with Crippen molar-refractivity contribution >= 4 is 0 Å². The third-order valence-corrected chi connectivity index (χ3v) is 13.0. The summed E-state index contributed by atoms with van der Waals surface area (Å²) in [5.74, 6) is 7.49. The molecule has 12 aliphatic heterocycles. The summed E-state index contributed by atoms with van der Waals surface area (Å²) in [6, 6.07) is 25.1. The average molecular weight is 895 g/mol. The Hall–Kier alpha value is -7.08. The van der Waals surface area contributed by atoms with Gasteiger partial charge in [-0.1, -0.05) is 0 Å². The Kier molecular flexibility index (Phi) is 12.0. The van der Waals surface area contributed by atoms with Gasteiger partial charge in [-0.15, -0.1) is 0 Å². The van der Waals surface area contributed by atoms with Crippen LogP contribution in [0.3, 0.4) is 0 Å². The molecule has 0 saturated heterocycles. The Balaban J connectivity index is 1.20. The fourth-order valence-electron chi connectivity index (χ4n) is 9.61. The van der Waals surface area contributed by atoms with E-state index >= 15 is 0 Å². The maximum atomic E-state index is 6.54. The van der Waals surface area contributed by atoms with Gasteiger partial charge in [-0.05, 0) is 178 Å². The molecular formula is C54H54O12. The molecule has 0 unspecified atom stereocenters. The fraction of sp³-hybridized carbons (Fsp3) is 0.333. The Labute approximate surface area is 385 Å². The van der Waals surface area contributed by atoms with E-state index in [4.69, 9.17) is 56.8 Å². The van der Waals surface area contributed by atoms with Gasteiger partial charge in [0.1, 0.15) is 39.6 Å². The topological polar surface area (TPSA) is 111 Å². The molecular weight excluding hydrogens is 841 g/mol. The van der Waals surface area contributed by atoms with Gasteiger partial charge in [0, 0.05) is 0 Å². The van der Waals surface area contributed by atoms with Crippen molar-refractivity contribution in [3.8, 4) is 69.0 Å². The maximum absolute atomic E-state index is 6.54. The molecule has 0 spiro atoms. The van der Waals surface area contributed by atoms with Crippen LogP contribution >= 0.6 is 0 Å². The third kappa shape index (κ3) is 8.36. The van der Waals surface area contributed by atoms with Crippen LogP contribution in [0.2, 0.25) is 0 Å². The van der Waals surface area contributed by atoms with Gasteiger partial charge < -0.3 is 56.8 Å². The lowest BCUT2D eigenvalue weighted by Crippen LogP contribution is -2.12. The van der Waals surface area contributed by atoms with Gasteiger partial charge in [0.25, 0.3) is 0 Å². The first-order chi connectivity index (χ1) is 32.3. The molecule has 0 fully saturated rings. The van der Waals surface area contributed by atoms with E-state index in [1.165, 1.54) is 0 Å². The second-order valence-corrected chi connectivity index (χ2v) is 16.8. The number of benzene rings is 6. The monoisotopic (exact) mass is 894 g/mol. The summed E-state index contributed by atoms with van der Waals surface area (Å²) in [5.41, 5.74) is 13.0. The summed E-state index contributed by atoms with van der Waals surface area (Å²) < 4.78 is 75.3. The molecule has 14 aliphatic rings. The largest absolute Gasteiger partial charge is 0.493 e. The van der Waals surface area contributed by atoms with E-state index in [9.17, 15) is 0 Å². The van der Waals surface area contributed by atoms with Crippen molar-refractivity contribution < 1.29 is 56.8 Å². The Morgan fingerprint density at radius 3 is 0.500 bits per heavy atom. The number of ether oxygens (including phenoxy) is 12. The Morgan fingerprint density at radius 1 is 0.227 bits per heavy atom. The fourth-order valence-corrected chi connectivity index (χ4v) is 9.61. The van der Waals surface area contributed by atoms with Crippen LogP contribution in [0.15, 0.2) is 72.8 Å². The first-order valence-electron chi connectivity index (χ1n) is 22.3. The molecule has 2 aliphatic carbocycles. The molecule has 66 heavy (non-hydrogen) atoms. The summed E-state index contributed by atoms with van der Waals surface area (Å²) in [4.78, 5) is 0. The van der Waals surface area contributed by atoms with Gasteiger partial charge in [-0.2, -0.15) is 0 Å². The number of hydrogen-bond acceptors (Lipinski definition) is 12. The smallest absolute Gasteiger partial charge is 0.161 e. The van der Waals surface area contributed by atoms with E-state index < -0.39 is 0 Å². The van der Waals surface area contributed by atoms with E-state index in [0.29, 0.717) is 108 Å². The van der Waals surface area contributed by atoms with E-state index in [-0.39, 0.29) is 39.6 Å². The third-order valence-electron chi connectivity index (χ3n) is 13.0. The molecule has 12 heteroatoms. The highest BCUT2D eigenvalue weighted by atomic mass is 16.6. The molecule has 0 amide bonds. The minimum absolute atomic E-state index is 0.255. The lowest BCUT2D eigenvalue weighted by Gasteiger charge is -2.20. The number of rotatable bonds is 6. The molecule has 0 aromatic heterocycles. The van der Waals surface area contributed by atoms with Crippen LogP contribution in [0.1, 0.15) is 66.8 Å². The zero-order chi connectivity index (χ0) is 45.3. The van der Waals surface area contributed by atoms with Gasteiger partial charge in [-0.3, -0.25) is 0 Å². The standard InChI is InChI=1S/C54H54O12/c1-55-43-19-31-13-38-26-50-45(57-3)21-33(38)15-39-27-52-44(56-2)20-32(39)14-37(31)25-49(43)61-7-8-62-51-28-40-16-35-23-47(59-5)54(66-12-11-64-52)30-42(35)18-36-24-48(60-6)53(65-10-9-63-50)29-41(36)17-34(40)22-46(51)58-4/h19-30H,7-18H2,1-6H3. The van der Waals surface area contributed by atoms with Crippen LogP contribution in [-0.4, -0.2) is 82.3 Å². The second-order valence-electron chi connectivity index (χ2n) is 16.8. The minimum atomic E-state index is 0.255. The van der Waals surface area contributed by atoms with Gasteiger partial charge in [-0.25, -0.2) is 0 Å². The van der Waals surface area contributed by atoms with Gasteiger partial charge in [0.2, 0.25) is 0 Å². The van der Waals surface area contributed by atoms with E-state index in [2.05, 4.69) is 72.8 Å². The zero-order valence-corrected chi connectivity index (χ0v) is 38.3. The number of methoxy groups -OCH3 is 6. The SMILES string of the molecule is COc1cc2c3cc1OCCOc1cc4c(cc1OC)Cc1cc5c(OC)cc1Cc1cc(c(OC)cc1C4)OCCOc1cc(c(cc1OC)C3)Cc1cc(OC)c(cc1C2)OCCO5. The summed E-state index contributed by atoms with van der Waals surface area (Å²) in [6.07, 6.45) is 3.60. The highest BCUT2D eigenvalue weighted by molar-refractivity contribution is 5.60. The van der Waals surface area contributed by atoms with Gasteiger partial charge >= 0.3 is 0 Å². The molecule has 0 radical (unpaired) electrons. The van der Waals surface area contributed by atoms with Crippen LogP contribution in [-0.2, 0) is 38.5 Å². The summed E-state index contributed by atoms with van der Waals surface area (Å²) in [6.45, 7) is 1.53. The highest BCUT2D eigenvalue weighted by Gasteiger charge is 2.26. The van der Waals surface area contributed by atoms with E-state index in [1.807, 2.05) is 0 Å². The molecule has 0 saturated carbocycles. The molecule has 6 aromatic carbocycles. The van der Waals surface area contributed by atoms with Crippen molar-refractivity contribution in [1.29, 1.82) is 0 Å². The first-order valence-corrected chi connectivity index (χ1v) is 22.3. The predicted molar refractivity (Wildman–Crippen MR) is 248 cm³/mol. The van der Waals surface area contributed by atoms with Crippen molar-refractivity contribution in [2.24, 2.45) is 0 Å². The molecule has 6 aromatic rings. The lowest BCUT2D eigenvalue weighted by molar-refractivity contribution is 0.205. The maximum Gasteiger partial charge on any atom is 0.161 e. The Morgan fingerprint density at radius 2 is 0.364 bits per heavy atom. The van der Waals surface area contributed by atoms with Gasteiger partial charge in [0.05, 0.1) is 42.7 Å². The molecule has 0 N–H and O–H groups in total. The molecule has 12 nitrogen and oxygen atoms in total. The van der Waals surface area contributed by atoms with Gasteiger partial charge in [0.15, 0.2) is 69.0 Å². The lowest BCUT2D eigenvalue weighted by atomic mass is 9.94. The van der Waals surface area contributed by atoms with Crippen molar-refractivity contribution in [2.45, 2.75) is 38.5 Å². The molecule has 12 heterocycles. The molecule has 18 bridgehead atoms. The quantitative estimate of drug-likeness (QED) is 0.159. The van der Waals surface area contributed by atoms with Crippen LogP contribution in [0.5, 0.6) is 69.0 Å². The average Bonchev–Trinajstić information content (AvgIpc) is 3.42. The predicted octanol–water partition coefficient (Wildman–Crippen LogP) is 8.91. The molecule has 20 rings (SSSR count). The van der Waals surface area contributed by atoms with Crippen LogP contribution < -0.4 is 56.8 Å². The highest BCUT2D eigenvalue weighted by Crippen LogP contribution is 2.44. The van der Waals surface area contributed by atoms with Crippen molar-refractivity contribution in [2.75, 3.05) is 82.3 Å². The van der Waals surface area contributed by atoms with Crippen LogP contribution in [0.4, 0.5) is 0 Å². The minimum Gasteiger partial charge on any atom is -0.493 e. The van der Waals surface area contributed by atoms with Crippen molar-refractivity contribution in [3.05, 3.63) is 140 Å². The van der Waals surface area contributed by atoms with E-state index in [1.54, 1.807) is 42.7 Å². The second kappa shape index (κ2) is 18.4. The van der Waals surface area contributed by atoms with Crippen LogP contribution in [0.25, 0.3) is 0 Å². The zero-order valence-electron chi connectivity index (χ0n) is 38.3. The normalized spacial score (nSPS) is 14.8.